The molecule has 0 aromatic heterocycles. The highest BCUT2D eigenvalue weighted by Crippen LogP contribution is 2.28. The molecule has 98 valence electrons. The third kappa shape index (κ3) is 6.12. The van der Waals surface area contributed by atoms with Gasteiger partial charge in [0.2, 0.25) is 16.6 Å². The number of hydrogen-bond donors (Lipinski definition) is 0. The lowest BCUT2D eigenvalue weighted by molar-refractivity contribution is 0.402. The van der Waals surface area contributed by atoms with Gasteiger partial charge in [-0.05, 0) is 64.6 Å². The third-order valence-electron chi connectivity index (χ3n) is 2.27. The largest absolute Gasteiger partial charge is 0.549 e. The molecule has 1 rings (SSSR count). The molecule has 0 aromatic carbocycles. The zero-order valence-corrected chi connectivity index (χ0v) is 14.1. The molecule has 1 aliphatic carbocycles. The van der Waals surface area contributed by atoms with Crippen LogP contribution in [-0.2, 0) is 8.85 Å². The Morgan fingerprint density at radius 2 is 1.71 bits per heavy atom. The quantitative estimate of drug-likeness (QED) is 0.547. The lowest BCUT2D eigenvalue weighted by Gasteiger charge is -2.26. The van der Waals surface area contributed by atoms with Gasteiger partial charge in [-0.15, -0.1) is 0 Å². The maximum absolute atomic E-state index is 6.12. The van der Waals surface area contributed by atoms with Gasteiger partial charge in [-0.25, -0.2) is 0 Å². The first-order valence-electron chi connectivity index (χ1n) is 6.44. The van der Waals surface area contributed by atoms with E-state index < -0.39 is 16.6 Å². The summed E-state index contributed by atoms with van der Waals surface area (Å²) in [5.41, 5.74) is 1.25. The van der Waals surface area contributed by atoms with Gasteiger partial charge < -0.3 is 8.85 Å². The van der Waals surface area contributed by atoms with E-state index in [1.807, 2.05) is 6.26 Å². The molecular formula is C13H26O2Si2. The first kappa shape index (κ1) is 14.6. The van der Waals surface area contributed by atoms with Crippen molar-refractivity contribution in [2.45, 2.75) is 58.5 Å². The van der Waals surface area contributed by atoms with Crippen LogP contribution >= 0.6 is 0 Å². The van der Waals surface area contributed by atoms with Crippen LogP contribution < -0.4 is 0 Å². The summed E-state index contributed by atoms with van der Waals surface area (Å²) >= 11 is 0. The van der Waals surface area contributed by atoms with Gasteiger partial charge in [0.1, 0.15) is 5.76 Å². The standard InChI is InChI=1S/C13H26O2Si2/c1-16(2,3)14-11-12-9-7-8-10-13(12)15-17(4,5)6/h10-11H,7-9H2,1-6H3/b12-11+. The maximum Gasteiger partial charge on any atom is 0.242 e. The molecule has 4 heteroatoms. The van der Waals surface area contributed by atoms with Crippen molar-refractivity contribution in [2.75, 3.05) is 0 Å². The second-order valence-corrected chi connectivity index (χ2v) is 15.4. The van der Waals surface area contributed by atoms with Crippen molar-refractivity contribution in [3.8, 4) is 0 Å². The summed E-state index contributed by atoms with van der Waals surface area (Å²) in [6, 6.07) is 0. The maximum atomic E-state index is 6.12. The van der Waals surface area contributed by atoms with Gasteiger partial charge >= 0.3 is 0 Å². The smallest absolute Gasteiger partial charge is 0.242 e. The zero-order chi connectivity index (χ0) is 13.1. The second kappa shape index (κ2) is 5.44. The molecule has 0 saturated heterocycles. The minimum atomic E-state index is -1.51. The third-order valence-corrected chi connectivity index (χ3v) is 3.92. The summed E-state index contributed by atoms with van der Waals surface area (Å²) in [5.74, 6) is 1.08. The van der Waals surface area contributed by atoms with E-state index in [0.29, 0.717) is 0 Å². The van der Waals surface area contributed by atoms with Gasteiger partial charge in [0, 0.05) is 5.57 Å². The van der Waals surface area contributed by atoms with E-state index in [-0.39, 0.29) is 0 Å². The molecule has 0 saturated carbocycles. The normalized spacial score (nSPS) is 20.1. The highest BCUT2D eigenvalue weighted by Gasteiger charge is 2.22. The number of allylic oxidation sites excluding steroid dienone is 2. The van der Waals surface area contributed by atoms with Crippen molar-refractivity contribution in [3.05, 3.63) is 23.7 Å². The fourth-order valence-electron chi connectivity index (χ4n) is 1.58. The zero-order valence-electron chi connectivity index (χ0n) is 12.1. The van der Waals surface area contributed by atoms with E-state index in [4.69, 9.17) is 8.85 Å². The Hall–Kier alpha value is -0.486. The molecule has 0 fully saturated rings. The van der Waals surface area contributed by atoms with E-state index in [0.717, 1.165) is 18.6 Å². The molecule has 0 bridgehead atoms. The van der Waals surface area contributed by atoms with Crippen LogP contribution in [0.15, 0.2) is 23.7 Å². The molecule has 0 heterocycles. The summed E-state index contributed by atoms with van der Waals surface area (Å²) in [6.45, 7) is 13.3. The van der Waals surface area contributed by atoms with Crippen LogP contribution in [0.5, 0.6) is 0 Å². The number of rotatable bonds is 4. The van der Waals surface area contributed by atoms with Crippen molar-refractivity contribution >= 4 is 16.6 Å². The second-order valence-electron chi connectivity index (χ2n) is 6.55. The lowest BCUT2D eigenvalue weighted by Crippen LogP contribution is -2.26. The molecule has 1 aliphatic rings. The first-order valence-corrected chi connectivity index (χ1v) is 13.3. The van der Waals surface area contributed by atoms with Gasteiger partial charge in [0.05, 0.1) is 6.26 Å². The molecule has 0 aromatic rings. The van der Waals surface area contributed by atoms with Crippen molar-refractivity contribution in [1.29, 1.82) is 0 Å². The summed E-state index contributed by atoms with van der Waals surface area (Å²) in [6.07, 6.45) is 7.60. The summed E-state index contributed by atoms with van der Waals surface area (Å²) in [4.78, 5) is 0. The first-order chi connectivity index (χ1) is 7.67. The molecule has 0 N–H and O–H groups in total. The van der Waals surface area contributed by atoms with Crippen LogP contribution in [0.3, 0.4) is 0 Å². The lowest BCUT2D eigenvalue weighted by atomic mass is 10.0. The van der Waals surface area contributed by atoms with E-state index in [2.05, 4.69) is 45.4 Å². The summed E-state index contributed by atoms with van der Waals surface area (Å²) in [7, 11) is -2.99. The van der Waals surface area contributed by atoms with Gasteiger partial charge in [0.15, 0.2) is 0 Å². The van der Waals surface area contributed by atoms with E-state index in [1.165, 1.54) is 12.0 Å². The summed E-state index contributed by atoms with van der Waals surface area (Å²) < 4.78 is 12.0. The van der Waals surface area contributed by atoms with Crippen molar-refractivity contribution in [3.63, 3.8) is 0 Å². The van der Waals surface area contributed by atoms with Crippen LogP contribution in [0.1, 0.15) is 19.3 Å². The van der Waals surface area contributed by atoms with Crippen LogP contribution in [0.2, 0.25) is 39.3 Å². The topological polar surface area (TPSA) is 18.5 Å². The van der Waals surface area contributed by atoms with Gasteiger partial charge in [0.25, 0.3) is 0 Å². The predicted octanol–water partition coefficient (Wildman–Crippen LogP) is 4.64. The average Bonchev–Trinajstić information content (AvgIpc) is 2.12. The molecular weight excluding hydrogens is 244 g/mol. The Labute approximate surface area is 108 Å². The fourth-order valence-corrected chi connectivity index (χ4v) is 2.95. The van der Waals surface area contributed by atoms with Crippen molar-refractivity contribution in [1.82, 2.24) is 0 Å². The average molecular weight is 271 g/mol. The van der Waals surface area contributed by atoms with Crippen molar-refractivity contribution < 1.29 is 8.85 Å². The molecule has 17 heavy (non-hydrogen) atoms. The van der Waals surface area contributed by atoms with Crippen LogP contribution in [0.4, 0.5) is 0 Å². The molecule has 0 atom stereocenters. The molecule has 2 nitrogen and oxygen atoms in total. The molecule has 0 radical (unpaired) electrons. The SMILES string of the molecule is C[Si](C)(C)O/C=C1\CCCC=C1O[Si](C)(C)C. The fraction of sp³-hybridized carbons (Fsp3) is 0.692. The Kier molecular flexibility index (Phi) is 4.66. The van der Waals surface area contributed by atoms with E-state index >= 15 is 0 Å². The Morgan fingerprint density at radius 3 is 2.24 bits per heavy atom. The predicted molar refractivity (Wildman–Crippen MR) is 78.9 cm³/mol. The Bertz CT molecular complexity index is 319. The summed E-state index contributed by atoms with van der Waals surface area (Å²) in [5, 5.41) is 0. The van der Waals surface area contributed by atoms with E-state index in [9.17, 15) is 0 Å². The monoisotopic (exact) mass is 270 g/mol. The molecule has 0 aliphatic heterocycles. The minimum Gasteiger partial charge on any atom is -0.549 e. The number of hydrogen-bond acceptors (Lipinski definition) is 2. The Morgan fingerprint density at radius 1 is 1.06 bits per heavy atom. The Balaban J connectivity index is 2.76. The van der Waals surface area contributed by atoms with Gasteiger partial charge in [-0.1, -0.05) is 0 Å². The highest BCUT2D eigenvalue weighted by atomic mass is 28.4. The van der Waals surface area contributed by atoms with Crippen molar-refractivity contribution in [2.24, 2.45) is 0 Å². The molecule has 0 unspecified atom stereocenters. The molecule has 0 spiro atoms. The van der Waals surface area contributed by atoms with Crippen LogP contribution in [0.25, 0.3) is 0 Å². The van der Waals surface area contributed by atoms with Gasteiger partial charge in [-0.3, -0.25) is 0 Å². The minimum absolute atomic E-state index is 1.08. The van der Waals surface area contributed by atoms with Crippen LogP contribution in [-0.4, -0.2) is 16.6 Å². The van der Waals surface area contributed by atoms with E-state index in [1.54, 1.807) is 0 Å². The van der Waals surface area contributed by atoms with Gasteiger partial charge in [-0.2, -0.15) is 0 Å². The van der Waals surface area contributed by atoms with Crippen LogP contribution in [0, 0.1) is 0 Å². The highest BCUT2D eigenvalue weighted by molar-refractivity contribution is 6.70. The molecule has 0 amide bonds.